The zero-order valence-electron chi connectivity index (χ0n) is 13.9. The molecule has 0 aliphatic carbocycles. The molecule has 0 saturated carbocycles. The molecule has 1 unspecified atom stereocenters. The van der Waals surface area contributed by atoms with Crippen molar-refractivity contribution in [1.82, 2.24) is 19.9 Å². The maximum atomic E-state index is 5.46. The first-order chi connectivity index (χ1) is 11.7. The van der Waals surface area contributed by atoms with Crippen molar-refractivity contribution in [2.24, 2.45) is 0 Å². The van der Waals surface area contributed by atoms with Gasteiger partial charge in [0.05, 0.1) is 18.8 Å². The molecule has 6 heteroatoms. The molecule has 1 fully saturated rings. The largest absolute Gasteiger partial charge is 0.381 e. The first-order valence-electron chi connectivity index (χ1n) is 8.21. The van der Waals surface area contributed by atoms with Crippen molar-refractivity contribution in [3.63, 3.8) is 0 Å². The highest BCUT2D eigenvalue weighted by atomic mass is 16.5. The van der Waals surface area contributed by atoms with Crippen LogP contribution in [0.1, 0.15) is 35.1 Å². The Kier molecular flexibility index (Phi) is 3.90. The van der Waals surface area contributed by atoms with Crippen LogP contribution in [0.5, 0.6) is 0 Å². The molecular weight excluding hydrogens is 304 g/mol. The summed E-state index contributed by atoms with van der Waals surface area (Å²) >= 11 is 0. The van der Waals surface area contributed by atoms with Gasteiger partial charge in [-0.2, -0.15) is 10.1 Å². The van der Waals surface area contributed by atoms with Crippen LogP contribution in [0.25, 0.3) is 11.5 Å². The number of hydrogen-bond donors (Lipinski definition) is 0. The Bertz CT molecular complexity index is 846. The molecule has 0 N–H and O–H groups in total. The van der Waals surface area contributed by atoms with Crippen LogP contribution in [-0.4, -0.2) is 33.1 Å². The van der Waals surface area contributed by atoms with E-state index in [2.05, 4.69) is 40.4 Å². The third-order valence-electron chi connectivity index (χ3n) is 4.35. The van der Waals surface area contributed by atoms with Crippen LogP contribution in [0, 0.1) is 13.8 Å². The van der Waals surface area contributed by atoms with Crippen molar-refractivity contribution in [3.05, 3.63) is 53.1 Å². The monoisotopic (exact) mass is 324 g/mol. The Morgan fingerprint density at radius 2 is 2.17 bits per heavy atom. The van der Waals surface area contributed by atoms with Gasteiger partial charge in [-0.25, -0.2) is 0 Å². The van der Waals surface area contributed by atoms with E-state index in [1.165, 1.54) is 0 Å². The lowest BCUT2D eigenvalue weighted by Crippen LogP contribution is -2.04. The molecule has 1 aliphatic rings. The van der Waals surface area contributed by atoms with Crippen LogP contribution in [0.15, 0.2) is 34.9 Å². The van der Waals surface area contributed by atoms with Gasteiger partial charge in [-0.05, 0) is 44.0 Å². The van der Waals surface area contributed by atoms with Gasteiger partial charge >= 0.3 is 0 Å². The highest BCUT2D eigenvalue weighted by molar-refractivity contribution is 5.54. The average molecular weight is 324 g/mol. The second kappa shape index (κ2) is 6.20. The summed E-state index contributed by atoms with van der Waals surface area (Å²) in [6.07, 6.45) is 0.955. The lowest BCUT2D eigenvalue weighted by Gasteiger charge is -2.05. The van der Waals surface area contributed by atoms with Crippen LogP contribution >= 0.6 is 0 Å². The van der Waals surface area contributed by atoms with Gasteiger partial charge in [-0.3, -0.25) is 4.68 Å². The molecule has 24 heavy (non-hydrogen) atoms. The standard InChI is InChI=1S/C18H20N4O2/c1-12-8-13(2)22(20-12)10-14-4-3-5-15(9-14)18-19-17(21-24-18)16-6-7-23-11-16/h3-5,8-9,16H,6-7,10-11H2,1-2H3. The summed E-state index contributed by atoms with van der Waals surface area (Å²) in [7, 11) is 0. The van der Waals surface area contributed by atoms with Crippen molar-refractivity contribution in [1.29, 1.82) is 0 Å². The fourth-order valence-corrected chi connectivity index (χ4v) is 3.07. The van der Waals surface area contributed by atoms with Gasteiger partial charge in [0, 0.05) is 23.8 Å². The average Bonchev–Trinajstić information content (AvgIpc) is 3.29. The predicted octanol–water partition coefficient (Wildman–Crippen LogP) is 3.10. The van der Waals surface area contributed by atoms with Crippen LogP contribution < -0.4 is 0 Å². The zero-order valence-corrected chi connectivity index (χ0v) is 13.9. The van der Waals surface area contributed by atoms with E-state index in [-0.39, 0.29) is 5.92 Å². The maximum absolute atomic E-state index is 5.46. The lowest BCUT2D eigenvalue weighted by atomic mass is 10.1. The minimum absolute atomic E-state index is 0.250. The van der Waals surface area contributed by atoms with Crippen molar-refractivity contribution >= 4 is 0 Å². The van der Waals surface area contributed by atoms with Crippen molar-refractivity contribution in [2.45, 2.75) is 32.7 Å². The molecule has 2 aromatic heterocycles. The molecule has 4 rings (SSSR count). The highest BCUT2D eigenvalue weighted by Gasteiger charge is 2.23. The van der Waals surface area contributed by atoms with Gasteiger partial charge in [0.1, 0.15) is 0 Å². The van der Waals surface area contributed by atoms with Gasteiger partial charge in [0.2, 0.25) is 0 Å². The summed E-state index contributed by atoms with van der Waals surface area (Å²) in [6, 6.07) is 10.3. The normalized spacial score (nSPS) is 17.5. The molecule has 1 atom stereocenters. The summed E-state index contributed by atoms with van der Waals surface area (Å²) < 4.78 is 12.9. The number of hydrogen-bond acceptors (Lipinski definition) is 5. The van der Waals surface area contributed by atoms with E-state index in [1.807, 2.05) is 23.7 Å². The highest BCUT2D eigenvalue weighted by Crippen LogP contribution is 2.26. The van der Waals surface area contributed by atoms with Gasteiger partial charge in [-0.1, -0.05) is 17.3 Å². The predicted molar refractivity (Wildman–Crippen MR) is 88.7 cm³/mol. The molecule has 1 aliphatic heterocycles. The van der Waals surface area contributed by atoms with E-state index in [1.54, 1.807) is 0 Å². The SMILES string of the molecule is Cc1cc(C)n(Cc2cccc(-c3nc(C4CCOC4)no3)c2)n1. The second-order valence-electron chi connectivity index (χ2n) is 6.30. The van der Waals surface area contributed by atoms with Crippen molar-refractivity contribution in [2.75, 3.05) is 13.2 Å². The Morgan fingerprint density at radius 1 is 1.25 bits per heavy atom. The molecule has 0 radical (unpaired) electrons. The molecular formula is C18H20N4O2. The fourth-order valence-electron chi connectivity index (χ4n) is 3.07. The number of benzene rings is 1. The summed E-state index contributed by atoms with van der Waals surface area (Å²) in [6.45, 7) is 6.25. The second-order valence-corrected chi connectivity index (χ2v) is 6.30. The minimum Gasteiger partial charge on any atom is -0.381 e. The number of rotatable bonds is 4. The Morgan fingerprint density at radius 3 is 2.92 bits per heavy atom. The Hall–Kier alpha value is -2.47. The maximum Gasteiger partial charge on any atom is 0.257 e. The van der Waals surface area contributed by atoms with Crippen LogP contribution in [0.4, 0.5) is 0 Å². The quantitative estimate of drug-likeness (QED) is 0.738. The van der Waals surface area contributed by atoms with E-state index < -0.39 is 0 Å². The summed E-state index contributed by atoms with van der Waals surface area (Å²) in [5, 5.41) is 8.64. The minimum atomic E-state index is 0.250. The first-order valence-corrected chi connectivity index (χ1v) is 8.21. The lowest BCUT2D eigenvalue weighted by molar-refractivity contribution is 0.192. The molecule has 0 bridgehead atoms. The molecule has 6 nitrogen and oxygen atoms in total. The summed E-state index contributed by atoms with van der Waals surface area (Å²) in [4.78, 5) is 4.55. The molecule has 1 aromatic carbocycles. The smallest absolute Gasteiger partial charge is 0.257 e. The third kappa shape index (κ3) is 2.97. The number of nitrogens with zero attached hydrogens (tertiary/aromatic N) is 4. The van der Waals surface area contributed by atoms with E-state index >= 15 is 0 Å². The van der Waals surface area contributed by atoms with E-state index in [0.29, 0.717) is 12.5 Å². The van der Waals surface area contributed by atoms with Crippen LogP contribution in [0.2, 0.25) is 0 Å². The van der Waals surface area contributed by atoms with E-state index in [0.717, 1.165) is 47.9 Å². The van der Waals surface area contributed by atoms with Crippen molar-refractivity contribution in [3.8, 4) is 11.5 Å². The molecule has 0 spiro atoms. The van der Waals surface area contributed by atoms with Gasteiger partial charge < -0.3 is 9.26 Å². The number of aryl methyl sites for hydroxylation is 2. The van der Waals surface area contributed by atoms with Crippen molar-refractivity contribution < 1.29 is 9.26 Å². The summed E-state index contributed by atoms with van der Waals surface area (Å²) in [5.74, 6) is 1.55. The third-order valence-corrected chi connectivity index (χ3v) is 4.35. The van der Waals surface area contributed by atoms with Crippen LogP contribution in [-0.2, 0) is 11.3 Å². The van der Waals surface area contributed by atoms with Crippen LogP contribution in [0.3, 0.4) is 0 Å². The zero-order chi connectivity index (χ0) is 16.5. The van der Waals surface area contributed by atoms with Gasteiger partial charge in [-0.15, -0.1) is 0 Å². The Labute approximate surface area is 140 Å². The molecule has 1 saturated heterocycles. The molecule has 3 aromatic rings. The van der Waals surface area contributed by atoms with Gasteiger partial charge in [0.15, 0.2) is 5.82 Å². The van der Waals surface area contributed by atoms with E-state index in [4.69, 9.17) is 9.26 Å². The molecule has 124 valence electrons. The molecule has 3 heterocycles. The Balaban J connectivity index is 1.57. The fraction of sp³-hybridized carbons (Fsp3) is 0.389. The number of ether oxygens (including phenoxy) is 1. The van der Waals surface area contributed by atoms with Gasteiger partial charge in [0.25, 0.3) is 5.89 Å². The topological polar surface area (TPSA) is 66.0 Å². The number of aromatic nitrogens is 4. The summed E-state index contributed by atoms with van der Waals surface area (Å²) in [5.41, 5.74) is 4.28. The first kappa shape index (κ1) is 15.1. The van der Waals surface area contributed by atoms with E-state index in [9.17, 15) is 0 Å². The molecule has 0 amide bonds.